The lowest BCUT2D eigenvalue weighted by molar-refractivity contribution is 0.489. The smallest absolute Gasteiger partial charge is 0.159 e. The summed E-state index contributed by atoms with van der Waals surface area (Å²) in [5, 5.41) is 11.5. The zero-order valence-corrected chi connectivity index (χ0v) is 27.3. The van der Waals surface area contributed by atoms with Crippen molar-refractivity contribution < 1.29 is 4.74 Å². The molecule has 0 bridgehead atoms. The van der Waals surface area contributed by atoms with Crippen LogP contribution in [0.5, 0.6) is 11.5 Å². The van der Waals surface area contributed by atoms with Gasteiger partial charge in [0.05, 0.1) is 11.4 Å². The summed E-state index contributed by atoms with van der Waals surface area (Å²) in [6.45, 7) is 8.76. The highest BCUT2D eigenvalue weighted by molar-refractivity contribution is 7.80. The minimum Gasteiger partial charge on any atom is -0.452 e. The molecule has 2 nitrogen and oxygen atoms in total. The Balaban J connectivity index is 1.41. The van der Waals surface area contributed by atoms with Crippen molar-refractivity contribution in [1.82, 2.24) is 0 Å². The molecule has 0 spiro atoms. The maximum Gasteiger partial charge on any atom is 0.159 e. The lowest BCUT2D eigenvalue weighted by atomic mass is 10.2. The second-order valence-electron chi connectivity index (χ2n) is 11.6. The monoisotopic (exact) mass is 607 g/mol. The molecule has 216 valence electrons. The summed E-state index contributed by atoms with van der Waals surface area (Å²) in [5.41, 5.74) is 7.14. The fourth-order valence-corrected chi connectivity index (χ4v) is 11.4. The second-order valence-corrected chi connectivity index (χ2v) is 15.9. The molecule has 0 amide bonds. The molecule has 0 aromatic heterocycles. The molecule has 6 aromatic carbocycles. The van der Waals surface area contributed by atoms with Gasteiger partial charge in [0.1, 0.15) is 0 Å². The molecule has 0 aliphatic carbocycles. The SMILES string of the molecule is Cc1cc(C)cc(P(c2ccccc2)c2cccc3c2Oc2c(cccc2P(c2ccccc2)c2cc(C)cc(C)c2)N3)c1. The maximum atomic E-state index is 7.18. The van der Waals surface area contributed by atoms with Crippen LogP contribution >= 0.6 is 15.8 Å². The highest BCUT2D eigenvalue weighted by Gasteiger charge is 2.30. The summed E-state index contributed by atoms with van der Waals surface area (Å²) in [4.78, 5) is 0. The van der Waals surface area contributed by atoms with Crippen LogP contribution in [-0.4, -0.2) is 0 Å². The van der Waals surface area contributed by atoms with Gasteiger partial charge >= 0.3 is 0 Å². The normalized spacial score (nSPS) is 13.2. The van der Waals surface area contributed by atoms with E-state index in [0.717, 1.165) is 22.9 Å². The molecule has 7 rings (SSSR count). The molecule has 2 atom stereocenters. The number of benzene rings is 6. The molecule has 44 heavy (non-hydrogen) atoms. The van der Waals surface area contributed by atoms with Crippen LogP contribution in [0.25, 0.3) is 0 Å². The fourth-order valence-electron chi connectivity index (χ4n) is 6.23. The van der Waals surface area contributed by atoms with Gasteiger partial charge in [0.15, 0.2) is 11.5 Å². The van der Waals surface area contributed by atoms with E-state index in [0.29, 0.717) is 0 Å². The predicted octanol–water partition coefficient (Wildman–Crippen LogP) is 8.29. The average molecular weight is 608 g/mol. The number of para-hydroxylation sites is 2. The molecular formula is C40H35NOP2. The van der Waals surface area contributed by atoms with Gasteiger partial charge in [0, 0.05) is 10.6 Å². The summed E-state index contributed by atoms with van der Waals surface area (Å²) in [6.07, 6.45) is 0. The van der Waals surface area contributed by atoms with E-state index in [-0.39, 0.29) is 0 Å². The standard InChI is InChI=1S/C40H35NOP2/c1-27-21-28(2)24-33(23-27)43(31-13-7-5-8-14-31)37-19-11-17-35-39(37)42-40-36(41-35)18-12-20-38(40)44(32-15-9-6-10-16-32)34-25-29(3)22-30(4)26-34/h5-26,41H,1-4H3. The molecule has 6 aromatic rings. The lowest BCUT2D eigenvalue weighted by Gasteiger charge is -2.31. The number of fused-ring (bicyclic) bond motifs is 2. The van der Waals surface area contributed by atoms with Gasteiger partial charge in [-0.3, -0.25) is 0 Å². The summed E-state index contributed by atoms with van der Waals surface area (Å²) >= 11 is 0. The highest BCUT2D eigenvalue weighted by Crippen LogP contribution is 2.49. The van der Waals surface area contributed by atoms with E-state index in [4.69, 9.17) is 4.74 Å². The van der Waals surface area contributed by atoms with Gasteiger partial charge in [-0.2, -0.15) is 0 Å². The first-order valence-corrected chi connectivity index (χ1v) is 17.7. The van der Waals surface area contributed by atoms with Gasteiger partial charge in [0.25, 0.3) is 0 Å². The zero-order chi connectivity index (χ0) is 30.2. The van der Waals surface area contributed by atoms with Gasteiger partial charge < -0.3 is 10.1 Å². The van der Waals surface area contributed by atoms with Crippen molar-refractivity contribution in [1.29, 1.82) is 0 Å². The number of aryl methyl sites for hydroxylation is 4. The van der Waals surface area contributed by atoms with Crippen molar-refractivity contribution in [2.24, 2.45) is 0 Å². The Hall–Kier alpha value is -4.22. The van der Waals surface area contributed by atoms with Crippen LogP contribution in [0.15, 0.2) is 133 Å². The van der Waals surface area contributed by atoms with Gasteiger partial charge in [-0.1, -0.05) is 131 Å². The topological polar surface area (TPSA) is 21.3 Å². The molecule has 0 fully saturated rings. The Kier molecular flexibility index (Phi) is 7.82. The van der Waals surface area contributed by atoms with Crippen LogP contribution in [0, 0.1) is 27.7 Å². The highest BCUT2D eigenvalue weighted by atomic mass is 31.1. The van der Waals surface area contributed by atoms with Crippen LogP contribution < -0.4 is 41.9 Å². The minimum absolute atomic E-state index is 0.863. The molecule has 4 heteroatoms. The number of ether oxygens (including phenoxy) is 1. The van der Waals surface area contributed by atoms with E-state index < -0.39 is 15.8 Å². The molecule has 2 unspecified atom stereocenters. The minimum atomic E-state index is -0.863. The summed E-state index contributed by atoms with van der Waals surface area (Å²) in [5.74, 6) is 1.84. The molecule has 1 heterocycles. The Labute approximate surface area is 263 Å². The van der Waals surface area contributed by atoms with Crippen LogP contribution in [0.1, 0.15) is 22.3 Å². The summed E-state index contributed by atoms with van der Waals surface area (Å²) in [7, 11) is -1.73. The van der Waals surface area contributed by atoms with Crippen LogP contribution in [-0.2, 0) is 0 Å². The molecule has 1 aliphatic rings. The molecular weight excluding hydrogens is 572 g/mol. The van der Waals surface area contributed by atoms with Gasteiger partial charge in [-0.25, -0.2) is 0 Å². The quantitative estimate of drug-likeness (QED) is 0.192. The first-order valence-electron chi connectivity index (χ1n) is 15.0. The maximum absolute atomic E-state index is 7.18. The van der Waals surface area contributed by atoms with Gasteiger partial charge in [-0.15, -0.1) is 0 Å². The van der Waals surface area contributed by atoms with E-state index in [1.807, 2.05) is 0 Å². The Morgan fingerprint density at radius 2 is 0.795 bits per heavy atom. The number of hydrogen-bond acceptors (Lipinski definition) is 2. The lowest BCUT2D eigenvalue weighted by Crippen LogP contribution is -2.26. The number of rotatable bonds is 6. The van der Waals surface area contributed by atoms with Crippen molar-refractivity contribution >= 4 is 59.0 Å². The van der Waals surface area contributed by atoms with Gasteiger partial charge in [-0.05, 0) is 89.0 Å². The van der Waals surface area contributed by atoms with Crippen LogP contribution in [0.3, 0.4) is 0 Å². The molecule has 0 radical (unpaired) electrons. The molecule has 0 saturated carbocycles. The predicted molar refractivity (Wildman–Crippen MR) is 193 cm³/mol. The Bertz CT molecular complexity index is 1790. The Morgan fingerprint density at radius 1 is 0.409 bits per heavy atom. The van der Waals surface area contributed by atoms with Gasteiger partial charge in [0.2, 0.25) is 0 Å². The van der Waals surface area contributed by atoms with E-state index in [1.165, 1.54) is 54.1 Å². The van der Waals surface area contributed by atoms with Crippen LogP contribution in [0.2, 0.25) is 0 Å². The van der Waals surface area contributed by atoms with Crippen molar-refractivity contribution in [3.63, 3.8) is 0 Å². The first-order chi connectivity index (χ1) is 21.4. The summed E-state index contributed by atoms with van der Waals surface area (Å²) < 4.78 is 7.18. The third-order valence-electron chi connectivity index (χ3n) is 7.90. The van der Waals surface area contributed by atoms with Crippen molar-refractivity contribution in [2.45, 2.75) is 27.7 Å². The third kappa shape index (κ3) is 5.57. The van der Waals surface area contributed by atoms with E-state index >= 15 is 0 Å². The van der Waals surface area contributed by atoms with Crippen molar-refractivity contribution in [2.75, 3.05) is 5.32 Å². The zero-order valence-electron chi connectivity index (χ0n) is 25.5. The van der Waals surface area contributed by atoms with E-state index in [1.54, 1.807) is 0 Å². The fraction of sp³-hybridized carbons (Fsp3) is 0.100. The number of nitrogens with one attached hydrogen (secondary N) is 1. The number of anilines is 2. The van der Waals surface area contributed by atoms with E-state index in [9.17, 15) is 0 Å². The molecule has 1 N–H and O–H groups in total. The summed E-state index contributed by atoms with van der Waals surface area (Å²) in [6, 6.07) is 48.8. The third-order valence-corrected chi connectivity index (χ3v) is 12.7. The van der Waals surface area contributed by atoms with E-state index in [2.05, 4.69) is 166 Å². The number of hydrogen-bond donors (Lipinski definition) is 1. The molecule has 1 aliphatic heterocycles. The first kappa shape index (κ1) is 28.5. The van der Waals surface area contributed by atoms with Crippen molar-refractivity contribution in [3.05, 3.63) is 156 Å². The second kappa shape index (κ2) is 12.0. The molecule has 0 saturated heterocycles. The van der Waals surface area contributed by atoms with Crippen molar-refractivity contribution in [3.8, 4) is 11.5 Å². The largest absolute Gasteiger partial charge is 0.452 e. The van der Waals surface area contributed by atoms with Crippen LogP contribution in [0.4, 0.5) is 11.4 Å². The Morgan fingerprint density at radius 3 is 1.18 bits per heavy atom. The average Bonchev–Trinajstić information content (AvgIpc) is 3.01.